The van der Waals surface area contributed by atoms with Crippen molar-refractivity contribution >= 4 is 45.9 Å². The molecule has 7 heteroatoms. The van der Waals surface area contributed by atoms with Crippen LogP contribution in [0.4, 0.5) is 17.1 Å². The monoisotopic (exact) mass is 493 g/mol. The topological polar surface area (TPSA) is 109 Å². The van der Waals surface area contributed by atoms with Gasteiger partial charge in [0.15, 0.2) is 0 Å². The van der Waals surface area contributed by atoms with Crippen LogP contribution in [0.15, 0.2) is 91.1 Å². The maximum Gasteiger partial charge on any atom is 0.248 e. The van der Waals surface area contributed by atoms with Crippen LogP contribution in [0.2, 0.25) is 0 Å². The third-order valence-corrected chi connectivity index (χ3v) is 5.92. The summed E-state index contributed by atoms with van der Waals surface area (Å²) in [5, 5.41) is 10.2. The number of pyridine rings is 1. The molecule has 188 valence electrons. The van der Waals surface area contributed by atoms with Crippen molar-refractivity contribution in [3.63, 3.8) is 0 Å². The third-order valence-electron chi connectivity index (χ3n) is 5.92. The Hall–Kier alpha value is -4.65. The summed E-state index contributed by atoms with van der Waals surface area (Å²) < 4.78 is 0. The van der Waals surface area contributed by atoms with E-state index < -0.39 is 6.04 Å². The minimum atomic E-state index is -0.576. The van der Waals surface area contributed by atoms with Gasteiger partial charge in [-0.2, -0.15) is 0 Å². The smallest absolute Gasteiger partial charge is 0.248 e. The number of aromatic nitrogens is 1. The van der Waals surface area contributed by atoms with Crippen LogP contribution in [0, 0.1) is 0 Å². The maximum atomic E-state index is 13.1. The zero-order chi connectivity index (χ0) is 26.0. The van der Waals surface area contributed by atoms with Crippen molar-refractivity contribution < 1.29 is 9.59 Å². The van der Waals surface area contributed by atoms with Crippen molar-refractivity contribution in [3.8, 4) is 0 Å². The molecule has 0 aliphatic heterocycles. The number of hydrogen-bond donors (Lipinski definition) is 4. The number of unbranched alkanes of at least 4 members (excludes halogenated alkanes) is 1. The SMILES string of the molecule is CCCCNC(=O)C(Nc1ccc2ncccc2c1)c1ccc(C=CC(=O)Nc2ccccc2N)cc1. The van der Waals surface area contributed by atoms with Crippen LogP contribution in [0.25, 0.3) is 17.0 Å². The normalized spacial score (nSPS) is 11.8. The van der Waals surface area contributed by atoms with E-state index in [1.165, 1.54) is 6.08 Å². The van der Waals surface area contributed by atoms with Crippen LogP contribution >= 0.6 is 0 Å². The standard InChI is InChI=1S/C30H31N5O2/c1-2-3-18-33-30(37)29(34-24-15-16-26-23(20-24)7-6-19-32-26)22-13-10-21(11-14-22)12-17-28(36)35-27-9-5-4-8-25(27)31/h4-17,19-20,29,34H,2-3,18,31H2,1H3,(H,33,37)(H,35,36). The fraction of sp³-hybridized carbons (Fsp3) is 0.167. The summed E-state index contributed by atoms with van der Waals surface area (Å²) >= 11 is 0. The highest BCUT2D eigenvalue weighted by Crippen LogP contribution is 2.24. The molecule has 2 amide bonds. The van der Waals surface area contributed by atoms with E-state index in [0.717, 1.165) is 40.6 Å². The molecule has 4 aromatic rings. The number of carbonyl (C=O) groups is 2. The van der Waals surface area contributed by atoms with Crippen LogP contribution in [-0.2, 0) is 9.59 Å². The zero-order valence-corrected chi connectivity index (χ0v) is 20.8. The van der Waals surface area contributed by atoms with Crippen LogP contribution in [0.1, 0.15) is 36.9 Å². The average molecular weight is 494 g/mol. The van der Waals surface area contributed by atoms with Crippen LogP contribution < -0.4 is 21.7 Å². The molecular weight excluding hydrogens is 462 g/mol. The first kappa shape index (κ1) is 25.4. The highest BCUT2D eigenvalue weighted by atomic mass is 16.2. The third kappa shape index (κ3) is 6.95. The Labute approximate surface area is 216 Å². The average Bonchev–Trinajstić information content (AvgIpc) is 2.92. The number of anilines is 3. The molecule has 0 spiro atoms. The number of amides is 2. The Balaban J connectivity index is 1.49. The fourth-order valence-corrected chi connectivity index (χ4v) is 3.88. The Morgan fingerprint density at radius 3 is 2.59 bits per heavy atom. The molecule has 1 unspecified atom stereocenters. The number of rotatable bonds is 10. The largest absolute Gasteiger partial charge is 0.397 e. The van der Waals surface area contributed by atoms with Gasteiger partial charge < -0.3 is 21.7 Å². The van der Waals surface area contributed by atoms with Crippen molar-refractivity contribution in [3.05, 3.63) is 102 Å². The van der Waals surface area contributed by atoms with E-state index >= 15 is 0 Å². The molecule has 5 N–H and O–H groups in total. The molecule has 0 radical (unpaired) electrons. The van der Waals surface area contributed by atoms with Crippen molar-refractivity contribution in [1.82, 2.24) is 10.3 Å². The molecule has 37 heavy (non-hydrogen) atoms. The Morgan fingerprint density at radius 2 is 1.81 bits per heavy atom. The Kier molecular flexibility index (Phi) is 8.49. The molecule has 1 heterocycles. The van der Waals surface area contributed by atoms with Crippen molar-refractivity contribution in [2.45, 2.75) is 25.8 Å². The second-order valence-corrected chi connectivity index (χ2v) is 8.71. The van der Waals surface area contributed by atoms with Crippen molar-refractivity contribution in [1.29, 1.82) is 0 Å². The van der Waals surface area contributed by atoms with Gasteiger partial charge in [-0.15, -0.1) is 0 Å². The Bertz CT molecular complexity index is 1400. The lowest BCUT2D eigenvalue weighted by Gasteiger charge is -2.20. The molecule has 4 rings (SSSR count). The van der Waals surface area contributed by atoms with Crippen LogP contribution in [-0.4, -0.2) is 23.3 Å². The lowest BCUT2D eigenvalue weighted by atomic mass is 10.0. The maximum absolute atomic E-state index is 13.1. The Morgan fingerprint density at radius 1 is 1.00 bits per heavy atom. The molecule has 0 bridgehead atoms. The number of carbonyl (C=O) groups excluding carboxylic acids is 2. The molecule has 0 saturated carbocycles. The molecule has 0 aliphatic carbocycles. The molecule has 1 atom stereocenters. The summed E-state index contributed by atoms with van der Waals surface area (Å²) in [4.78, 5) is 29.8. The molecule has 3 aromatic carbocycles. The fourth-order valence-electron chi connectivity index (χ4n) is 3.88. The van der Waals surface area contributed by atoms with Gasteiger partial charge in [0.05, 0.1) is 16.9 Å². The van der Waals surface area contributed by atoms with Gasteiger partial charge in [-0.05, 0) is 60.0 Å². The lowest BCUT2D eigenvalue weighted by molar-refractivity contribution is -0.122. The highest BCUT2D eigenvalue weighted by Gasteiger charge is 2.20. The van der Waals surface area contributed by atoms with Gasteiger partial charge in [-0.3, -0.25) is 14.6 Å². The molecular formula is C30H31N5O2. The zero-order valence-electron chi connectivity index (χ0n) is 20.8. The number of hydrogen-bond acceptors (Lipinski definition) is 5. The van der Waals surface area contributed by atoms with E-state index in [2.05, 4.69) is 27.9 Å². The van der Waals surface area contributed by atoms with Gasteiger partial charge in [-0.25, -0.2) is 0 Å². The van der Waals surface area contributed by atoms with E-state index in [1.54, 1.807) is 24.4 Å². The van der Waals surface area contributed by atoms with Gasteiger partial charge in [0.25, 0.3) is 0 Å². The van der Waals surface area contributed by atoms with Gasteiger partial charge in [0.2, 0.25) is 11.8 Å². The number of nitrogens with zero attached hydrogens (tertiary/aromatic N) is 1. The summed E-state index contributed by atoms with van der Waals surface area (Å²) in [6.45, 7) is 2.71. The highest BCUT2D eigenvalue weighted by molar-refractivity contribution is 6.03. The molecule has 7 nitrogen and oxygen atoms in total. The minimum Gasteiger partial charge on any atom is -0.397 e. The molecule has 1 aromatic heterocycles. The van der Waals surface area contributed by atoms with Crippen molar-refractivity contribution in [2.75, 3.05) is 22.9 Å². The molecule has 0 fully saturated rings. The van der Waals surface area contributed by atoms with E-state index in [4.69, 9.17) is 5.73 Å². The quantitative estimate of drug-likeness (QED) is 0.132. The van der Waals surface area contributed by atoms with E-state index in [0.29, 0.717) is 17.9 Å². The van der Waals surface area contributed by atoms with Gasteiger partial charge >= 0.3 is 0 Å². The summed E-state index contributed by atoms with van der Waals surface area (Å²) in [5.74, 6) is -0.370. The first-order valence-electron chi connectivity index (χ1n) is 12.4. The van der Waals surface area contributed by atoms with Crippen molar-refractivity contribution in [2.24, 2.45) is 0 Å². The summed E-state index contributed by atoms with van der Waals surface area (Å²) in [6, 6.07) is 23.8. The van der Waals surface area contributed by atoms with E-state index in [-0.39, 0.29) is 11.8 Å². The summed E-state index contributed by atoms with van der Waals surface area (Å²) in [5.41, 5.74) is 10.3. The number of nitrogen functional groups attached to an aromatic ring is 1. The second kappa shape index (κ2) is 12.4. The predicted molar refractivity (Wildman–Crippen MR) is 151 cm³/mol. The summed E-state index contributed by atoms with van der Waals surface area (Å²) in [7, 11) is 0. The molecule has 0 saturated heterocycles. The number of benzene rings is 3. The number of fused-ring (bicyclic) bond motifs is 1. The van der Waals surface area contributed by atoms with E-state index in [9.17, 15) is 9.59 Å². The number of nitrogens with two attached hydrogens (primary N) is 1. The first-order valence-corrected chi connectivity index (χ1v) is 12.4. The minimum absolute atomic E-state index is 0.0946. The predicted octanol–water partition coefficient (Wildman–Crippen LogP) is 5.54. The van der Waals surface area contributed by atoms with Gasteiger partial charge in [0.1, 0.15) is 6.04 Å². The van der Waals surface area contributed by atoms with Gasteiger partial charge in [0, 0.05) is 29.9 Å². The van der Waals surface area contributed by atoms with Crippen LogP contribution in [0.3, 0.4) is 0 Å². The molecule has 0 aliphatic rings. The second-order valence-electron chi connectivity index (χ2n) is 8.71. The van der Waals surface area contributed by atoms with E-state index in [1.807, 2.05) is 66.7 Å². The van der Waals surface area contributed by atoms with Gasteiger partial charge in [-0.1, -0.05) is 55.8 Å². The summed E-state index contributed by atoms with van der Waals surface area (Å²) in [6.07, 6.45) is 6.86. The first-order chi connectivity index (χ1) is 18.0. The van der Waals surface area contributed by atoms with Crippen LogP contribution in [0.5, 0.6) is 0 Å². The number of para-hydroxylation sites is 2. The number of nitrogens with one attached hydrogen (secondary N) is 3. The lowest BCUT2D eigenvalue weighted by Crippen LogP contribution is -2.34.